The van der Waals surface area contributed by atoms with Crippen LogP contribution in [-0.2, 0) is 0 Å². The maximum atomic E-state index is 12.3. The van der Waals surface area contributed by atoms with Crippen molar-refractivity contribution in [2.45, 2.75) is 19.4 Å². The molecule has 6 heteroatoms. The summed E-state index contributed by atoms with van der Waals surface area (Å²) in [5, 5.41) is 10.6. The molecule has 0 unspecified atom stereocenters. The predicted molar refractivity (Wildman–Crippen MR) is 87.4 cm³/mol. The number of likely N-dealkylation sites (N-methyl/N-ethyl adjacent to an activating group) is 1. The summed E-state index contributed by atoms with van der Waals surface area (Å²) < 4.78 is 5.12. The van der Waals surface area contributed by atoms with Gasteiger partial charge in [-0.25, -0.2) is 4.98 Å². The van der Waals surface area contributed by atoms with Crippen LogP contribution in [0.4, 0.5) is 0 Å². The van der Waals surface area contributed by atoms with Gasteiger partial charge < -0.3 is 14.7 Å². The fourth-order valence-corrected chi connectivity index (χ4v) is 3.00. The van der Waals surface area contributed by atoms with Gasteiger partial charge in [0.15, 0.2) is 0 Å². The van der Waals surface area contributed by atoms with Crippen LogP contribution in [0.25, 0.3) is 10.6 Å². The molecular weight excluding hydrogens is 300 g/mol. The molecule has 0 radical (unpaired) electrons. The summed E-state index contributed by atoms with van der Waals surface area (Å²) >= 11 is 1.34. The van der Waals surface area contributed by atoms with E-state index in [1.807, 2.05) is 24.3 Å². The van der Waals surface area contributed by atoms with Crippen LogP contribution in [0.1, 0.15) is 23.5 Å². The summed E-state index contributed by atoms with van der Waals surface area (Å²) in [6.07, 6.45) is 1.58. The van der Waals surface area contributed by atoms with Gasteiger partial charge in [0.05, 0.1) is 18.9 Å². The number of rotatable bonds is 5. The normalized spacial score (nSPS) is 11.3. The maximum Gasteiger partial charge on any atom is 0.265 e. The molecule has 0 spiro atoms. The molecule has 0 fully saturated rings. The summed E-state index contributed by atoms with van der Waals surface area (Å²) in [6, 6.07) is 7.54. The molecule has 118 valence electrons. The zero-order chi connectivity index (χ0) is 16.3. The molecule has 1 heterocycles. The number of aliphatic hydroxyl groups is 1. The molecule has 2 rings (SSSR count). The van der Waals surface area contributed by atoms with Gasteiger partial charge in [0.2, 0.25) is 0 Å². The highest BCUT2D eigenvalue weighted by Crippen LogP contribution is 2.27. The number of nitrogens with zero attached hydrogens (tertiary/aromatic N) is 2. The van der Waals surface area contributed by atoms with E-state index < -0.39 is 5.60 Å². The second kappa shape index (κ2) is 6.46. The van der Waals surface area contributed by atoms with Crippen molar-refractivity contribution in [3.63, 3.8) is 0 Å². The van der Waals surface area contributed by atoms with E-state index in [0.717, 1.165) is 16.3 Å². The molecule has 0 atom stereocenters. The Labute approximate surface area is 134 Å². The first-order chi connectivity index (χ1) is 10.3. The van der Waals surface area contributed by atoms with Crippen LogP contribution in [0.5, 0.6) is 5.75 Å². The predicted octanol–water partition coefficient (Wildman–Crippen LogP) is 2.66. The Hall–Kier alpha value is -1.92. The third-order valence-corrected chi connectivity index (χ3v) is 4.06. The van der Waals surface area contributed by atoms with Crippen LogP contribution in [0.15, 0.2) is 30.5 Å². The standard InChI is InChI=1S/C16H20N2O3S/c1-16(2,20)10-18(3)15(19)13-9-17-14(22-13)11-5-7-12(21-4)8-6-11/h5-9,20H,10H2,1-4H3. The number of aromatic nitrogens is 1. The number of carbonyl (C=O) groups excluding carboxylic acids is 1. The molecule has 1 amide bonds. The Bertz CT molecular complexity index is 644. The molecule has 0 aliphatic carbocycles. The molecule has 0 saturated heterocycles. The summed E-state index contributed by atoms with van der Waals surface area (Å²) in [7, 11) is 3.29. The average Bonchev–Trinajstić information content (AvgIpc) is 2.94. The van der Waals surface area contributed by atoms with Crippen molar-refractivity contribution in [2.24, 2.45) is 0 Å². The number of ether oxygens (including phenoxy) is 1. The van der Waals surface area contributed by atoms with Gasteiger partial charge in [-0.05, 0) is 38.1 Å². The quantitative estimate of drug-likeness (QED) is 0.920. The second-order valence-electron chi connectivity index (χ2n) is 5.73. The van der Waals surface area contributed by atoms with E-state index in [4.69, 9.17) is 4.74 Å². The van der Waals surface area contributed by atoms with E-state index in [9.17, 15) is 9.90 Å². The van der Waals surface area contributed by atoms with Gasteiger partial charge in [0.1, 0.15) is 15.6 Å². The number of thiazole rings is 1. The highest BCUT2D eigenvalue weighted by molar-refractivity contribution is 7.16. The van der Waals surface area contributed by atoms with Crippen LogP contribution >= 0.6 is 11.3 Å². The number of amides is 1. The summed E-state index contributed by atoms with van der Waals surface area (Å²) in [5.41, 5.74) is 0.0171. The highest BCUT2D eigenvalue weighted by Gasteiger charge is 2.22. The Morgan fingerprint density at radius 1 is 1.36 bits per heavy atom. The van der Waals surface area contributed by atoms with Gasteiger partial charge >= 0.3 is 0 Å². The van der Waals surface area contributed by atoms with E-state index in [0.29, 0.717) is 4.88 Å². The largest absolute Gasteiger partial charge is 0.497 e. The Morgan fingerprint density at radius 3 is 2.55 bits per heavy atom. The fraction of sp³-hybridized carbons (Fsp3) is 0.375. The third-order valence-electron chi connectivity index (χ3n) is 3.02. The minimum Gasteiger partial charge on any atom is -0.497 e. The molecule has 5 nitrogen and oxygen atoms in total. The lowest BCUT2D eigenvalue weighted by Gasteiger charge is -2.24. The molecule has 1 N–H and O–H groups in total. The second-order valence-corrected chi connectivity index (χ2v) is 6.76. The van der Waals surface area contributed by atoms with E-state index >= 15 is 0 Å². The number of hydrogen-bond acceptors (Lipinski definition) is 5. The molecule has 1 aromatic heterocycles. The lowest BCUT2D eigenvalue weighted by Crippen LogP contribution is -2.39. The number of hydrogen-bond donors (Lipinski definition) is 1. The lowest BCUT2D eigenvalue weighted by molar-refractivity contribution is 0.0370. The van der Waals surface area contributed by atoms with Gasteiger partial charge in [-0.3, -0.25) is 4.79 Å². The average molecular weight is 320 g/mol. The first-order valence-corrected chi connectivity index (χ1v) is 7.70. The van der Waals surface area contributed by atoms with Crippen molar-refractivity contribution in [1.29, 1.82) is 0 Å². The molecule has 2 aromatic rings. The Balaban J connectivity index is 2.14. The first kappa shape index (κ1) is 16.5. The van der Waals surface area contributed by atoms with Gasteiger partial charge in [-0.2, -0.15) is 0 Å². The fourth-order valence-electron chi connectivity index (χ4n) is 2.08. The molecule has 0 aliphatic rings. The molecule has 22 heavy (non-hydrogen) atoms. The molecule has 0 saturated carbocycles. The van der Waals surface area contributed by atoms with Crippen LogP contribution in [0, 0.1) is 0 Å². The van der Waals surface area contributed by atoms with Crippen LogP contribution in [0.3, 0.4) is 0 Å². The maximum absolute atomic E-state index is 12.3. The zero-order valence-corrected chi connectivity index (χ0v) is 14.0. The molecule has 0 bridgehead atoms. The molecule has 1 aromatic carbocycles. The van der Waals surface area contributed by atoms with Crippen molar-refractivity contribution in [3.8, 4) is 16.3 Å². The summed E-state index contributed by atoms with van der Waals surface area (Å²) in [4.78, 5) is 18.7. The molecule has 0 aliphatic heterocycles. The SMILES string of the molecule is COc1ccc(-c2ncc(C(=O)N(C)CC(C)(C)O)s2)cc1. The van der Waals surface area contributed by atoms with E-state index in [1.165, 1.54) is 16.2 Å². The summed E-state index contributed by atoms with van der Waals surface area (Å²) in [6.45, 7) is 3.61. The van der Waals surface area contributed by atoms with Gasteiger partial charge in [0, 0.05) is 19.2 Å². The number of benzene rings is 1. The van der Waals surface area contributed by atoms with E-state index in [2.05, 4.69) is 4.98 Å². The first-order valence-electron chi connectivity index (χ1n) is 6.88. The molecular formula is C16H20N2O3S. The number of methoxy groups -OCH3 is 1. The topological polar surface area (TPSA) is 62.7 Å². The van der Waals surface area contributed by atoms with Crippen molar-refractivity contribution < 1.29 is 14.6 Å². The van der Waals surface area contributed by atoms with Crippen LogP contribution in [0.2, 0.25) is 0 Å². The van der Waals surface area contributed by atoms with Crippen molar-refractivity contribution in [3.05, 3.63) is 35.3 Å². The van der Waals surface area contributed by atoms with Crippen molar-refractivity contribution in [1.82, 2.24) is 9.88 Å². The van der Waals surface area contributed by atoms with Crippen molar-refractivity contribution in [2.75, 3.05) is 20.7 Å². The monoisotopic (exact) mass is 320 g/mol. The number of carbonyl (C=O) groups is 1. The zero-order valence-electron chi connectivity index (χ0n) is 13.2. The summed E-state index contributed by atoms with van der Waals surface area (Å²) in [5.74, 6) is 0.640. The van der Waals surface area contributed by atoms with Crippen LogP contribution < -0.4 is 4.74 Å². The van der Waals surface area contributed by atoms with Crippen LogP contribution in [-0.4, -0.2) is 47.2 Å². The smallest absolute Gasteiger partial charge is 0.265 e. The third kappa shape index (κ3) is 4.05. The Morgan fingerprint density at radius 2 is 2.00 bits per heavy atom. The van der Waals surface area contributed by atoms with Gasteiger partial charge in [-0.15, -0.1) is 11.3 Å². The van der Waals surface area contributed by atoms with E-state index in [1.54, 1.807) is 34.2 Å². The lowest BCUT2D eigenvalue weighted by atomic mass is 10.1. The van der Waals surface area contributed by atoms with E-state index in [-0.39, 0.29) is 12.5 Å². The highest BCUT2D eigenvalue weighted by atomic mass is 32.1. The Kier molecular flexibility index (Phi) is 4.83. The van der Waals surface area contributed by atoms with Gasteiger partial charge in [0.25, 0.3) is 5.91 Å². The van der Waals surface area contributed by atoms with Crippen molar-refractivity contribution >= 4 is 17.2 Å². The minimum atomic E-state index is -0.923. The minimum absolute atomic E-state index is 0.139. The van der Waals surface area contributed by atoms with Gasteiger partial charge in [-0.1, -0.05) is 0 Å².